The van der Waals surface area contributed by atoms with Crippen molar-refractivity contribution in [1.29, 1.82) is 0 Å². The van der Waals surface area contributed by atoms with Crippen molar-refractivity contribution in [2.24, 2.45) is 0 Å². The summed E-state index contributed by atoms with van der Waals surface area (Å²) in [6.45, 7) is 1.75. The monoisotopic (exact) mass is 134 g/mol. The van der Waals surface area contributed by atoms with Crippen LogP contribution in [0.1, 0.15) is 6.92 Å². The number of hydrogen-bond donors (Lipinski definition) is 1. The highest BCUT2D eigenvalue weighted by Gasteiger charge is 2.10. The molecule has 0 radical (unpaired) electrons. The van der Waals surface area contributed by atoms with Crippen molar-refractivity contribution in [3.8, 4) is 0 Å². The maximum absolute atomic E-state index is 9.92. The van der Waals surface area contributed by atoms with Crippen LogP contribution in [0.4, 0.5) is 0 Å². The van der Waals surface area contributed by atoms with Gasteiger partial charge in [-0.1, -0.05) is 0 Å². The molecule has 0 saturated heterocycles. The molecule has 0 rings (SSSR count). The van der Waals surface area contributed by atoms with E-state index in [-0.39, 0.29) is 11.5 Å². The van der Waals surface area contributed by atoms with E-state index in [9.17, 15) is 10.1 Å². The van der Waals surface area contributed by atoms with E-state index in [4.69, 9.17) is 0 Å². The first kappa shape index (κ1) is 8.32. The Labute approximate surface area is 53.1 Å². The molecule has 9 heavy (non-hydrogen) atoms. The summed E-state index contributed by atoms with van der Waals surface area (Å²) in [5, 5.41) is 9.92. The molecule has 0 aromatic heterocycles. The van der Waals surface area contributed by atoms with E-state index in [1.165, 1.54) is 14.0 Å². The van der Waals surface area contributed by atoms with Gasteiger partial charge in [-0.05, 0) is 0 Å². The first-order valence-corrected chi connectivity index (χ1v) is 2.57. The van der Waals surface area contributed by atoms with Crippen LogP contribution < -0.4 is 5.48 Å². The fraction of sp³-hybridized carbons (Fsp3) is 1.00. The fourth-order valence-corrected chi connectivity index (χ4v) is 0.278. The summed E-state index contributed by atoms with van der Waals surface area (Å²) >= 11 is 0. The third-order valence-electron chi connectivity index (χ3n) is 0.883. The van der Waals surface area contributed by atoms with Crippen molar-refractivity contribution in [2.75, 3.05) is 13.7 Å². The molecule has 0 spiro atoms. The van der Waals surface area contributed by atoms with Crippen molar-refractivity contribution in [3.63, 3.8) is 0 Å². The van der Waals surface area contributed by atoms with Crippen LogP contribution in [0.2, 0.25) is 0 Å². The van der Waals surface area contributed by atoms with Gasteiger partial charge in [0.25, 0.3) is 0 Å². The normalized spacial score (nSPS) is 13.1. The van der Waals surface area contributed by atoms with Crippen LogP contribution in [-0.4, -0.2) is 24.6 Å². The summed E-state index contributed by atoms with van der Waals surface area (Å²) in [6.07, 6.45) is 0. The largest absolute Gasteiger partial charge is 0.305 e. The van der Waals surface area contributed by atoms with Gasteiger partial charge in [-0.25, -0.2) is 0 Å². The van der Waals surface area contributed by atoms with Gasteiger partial charge in [0.15, 0.2) is 0 Å². The minimum atomic E-state index is -0.593. The molecule has 0 aromatic rings. The Hall–Kier alpha value is -0.680. The van der Waals surface area contributed by atoms with E-state index in [2.05, 4.69) is 10.3 Å². The molecule has 5 nitrogen and oxygen atoms in total. The lowest BCUT2D eigenvalue weighted by Gasteiger charge is -2.01. The Kier molecular flexibility index (Phi) is 3.90. The zero-order valence-electron chi connectivity index (χ0n) is 5.46. The van der Waals surface area contributed by atoms with Gasteiger partial charge < -0.3 is 4.84 Å². The Morgan fingerprint density at radius 1 is 1.89 bits per heavy atom. The van der Waals surface area contributed by atoms with E-state index in [0.717, 1.165) is 0 Å². The SMILES string of the molecule is CONCC(C)[N+](=O)[O-]. The minimum absolute atomic E-state index is 0.240. The third-order valence-corrected chi connectivity index (χ3v) is 0.883. The highest BCUT2D eigenvalue weighted by atomic mass is 16.6. The molecule has 0 bridgehead atoms. The summed E-state index contributed by atoms with van der Waals surface area (Å²) in [7, 11) is 1.42. The predicted molar refractivity (Wildman–Crippen MR) is 31.5 cm³/mol. The van der Waals surface area contributed by atoms with Gasteiger partial charge in [0.05, 0.1) is 13.7 Å². The average molecular weight is 134 g/mol. The first-order chi connectivity index (χ1) is 4.18. The number of rotatable bonds is 4. The highest BCUT2D eigenvalue weighted by molar-refractivity contribution is 4.45. The van der Waals surface area contributed by atoms with Gasteiger partial charge in [0.1, 0.15) is 0 Å². The molecule has 0 aliphatic carbocycles. The van der Waals surface area contributed by atoms with Gasteiger partial charge in [-0.2, -0.15) is 5.48 Å². The number of hydrogen-bond acceptors (Lipinski definition) is 4. The van der Waals surface area contributed by atoms with Crippen LogP contribution in [0.5, 0.6) is 0 Å². The zero-order chi connectivity index (χ0) is 7.28. The highest BCUT2D eigenvalue weighted by Crippen LogP contribution is 1.83. The summed E-state index contributed by atoms with van der Waals surface area (Å²) in [4.78, 5) is 14.0. The summed E-state index contributed by atoms with van der Waals surface area (Å²) in [5.74, 6) is 0. The molecule has 0 aromatic carbocycles. The average Bonchev–Trinajstić information content (AvgIpc) is 1.82. The summed E-state index contributed by atoms with van der Waals surface area (Å²) in [6, 6.07) is -0.593. The number of nitrogens with one attached hydrogen (secondary N) is 1. The van der Waals surface area contributed by atoms with Crippen molar-refractivity contribution in [1.82, 2.24) is 5.48 Å². The van der Waals surface area contributed by atoms with Crippen molar-refractivity contribution in [3.05, 3.63) is 10.1 Å². The molecular weight excluding hydrogens is 124 g/mol. The lowest BCUT2D eigenvalue weighted by atomic mass is 10.4. The van der Waals surface area contributed by atoms with E-state index in [1.807, 2.05) is 0 Å². The molecule has 0 fully saturated rings. The van der Waals surface area contributed by atoms with Crippen LogP contribution >= 0.6 is 0 Å². The van der Waals surface area contributed by atoms with Gasteiger partial charge in [0, 0.05) is 11.8 Å². The Bertz CT molecular complexity index is 95.8. The Morgan fingerprint density at radius 2 is 2.44 bits per heavy atom. The maximum Gasteiger partial charge on any atom is 0.224 e. The van der Waals surface area contributed by atoms with E-state index >= 15 is 0 Å². The van der Waals surface area contributed by atoms with Crippen LogP contribution in [0.3, 0.4) is 0 Å². The molecule has 0 aliphatic heterocycles. The van der Waals surface area contributed by atoms with Crippen LogP contribution in [0.25, 0.3) is 0 Å². The molecule has 0 saturated carbocycles. The predicted octanol–water partition coefficient (Wildman–Crippen LogP) is -0.197. The topological polar surface area (TPSA) is 64.4 Å². The molecule has 0 amide bonds. The molecule has 0 heterocycles. The maximum atomic E-state index is 9.92. The smallest absolute Gasteiger partial charge is 0.224 e. The Morgan fingerprint density at radius 3 is 2.78 bits per heavy atom. The molecule has 54 valence electrons. The van der Waals surface area contributed by atoms with Crippen LogP contribution in [0, 0.1) is 10.1 Å². The van der Waals surface area contributed by atoms with E-state index < -0.39 is 6.04 Å². The number of nitro groups is 1. The molecule has 1 unspecified atom stereocenters. The zero-order valence-corrected chi connectivity index (χ0v) is 5.46. The second-order valence-corrected chi connectivity index (χ2v) is 1.69. The Balaban J connectivity index is 3.27. The standard InChI is InChI=1S/C4H10N2O3/c1-4(6(7)8)3-5-9-2/h4-5H,3H2,1-2H3. The molecule has 0 aliphatic rings. The first-order valence-electron chi connectivity index (χ1n) is 2.57. The quantitative estimate of drug-likeness (QED) is 0.427. The van der Waals surface area contributed by atoms with Crippen LogP contribution in [0.15, 0.2) is 0 Å². The second kappa shape index (κ2) is 4.22. The summed E-state index contributed by atoms with van der Waals surface area (Å²) in [5.41, 5.74) is 2.39. The van der Waals surface area contributed by atoms with Crippen molar-refractivity contribution < 1.29 is 9.76 Å². The van der Waals surface area contributed by atoms with E-state index in [0.29, 0.717) is 0 Å². The third kappa shape index (κ3) is 3.87. The number of nitrogens with zero attached hydrogens (tertiary/aromatic N) is 1. The molecule has 1 atom stereocenters. The lowest BCUT2D eigenvalue weighted by Crippen LogP contribution is -2.29. The minimum Gasteiger partial charge on any atom is -0.305 e. The lowest BCUT2D eigenvalue weighted by molar-refractivity contribution is -0.517. The summed E-state index contributed by atoms with van der Waals surface area (Å²) < 4.78 is 0. The molecular formula is C4H10N2O3. The number of hydroxylamine groups is 1. The van der Waals surface area contributed by atoms with Crippen molar-refractivity contribution in [2.45, 2.75) is 13.0 Å². The molecule has 5 heteroatoms. The van der Waals surface area contributed by atoms with Gasteiger partial charge in [0.2, 0.25) is 6.04 Å². The van der Waals surface area contributed by atoms with Crippen LogP contribution in [-0.2, 0) is 4.84 Å². The molecule has 1 N–H and O–H groups in total. The second-order valence-electron chi connectivity index (χ2n) is 1.69. The van der Waals surface area contributed by atoms with Crippen molar-refractivity contribution >= 4 is 0 Å². The fourth-order valence-electron chi connectivity index (χ4n) is 0.278. The van der Waals surface area contributed by atoms with Gasteiger partial charge in [-0.15, -0.1) is 0 Å². The van der Waals surface area contributed by atoms with Gasteiger partial charge >= 0.3 is 0 Å². The van der Waals surface area contributed by atoms with E-state index in [1.54, 1.807) is 0 Å². The van der Waals surface area contributed by atoms with Gasteiger partial charge in [-0.3, -0.25) is 10.1 Å².